The molecule has 0 radical (unpaired) electrons. The lowest BCUT2D eigenvalue weighted by Crippen LogP contribution is -2.26. The molecule has 14 heavy (non-hydrogen) atoms. The summed E-state index contributed by atoms with van der Waals surface area (Å²) >= 11 is 0. The zero-order chi connectivity index (χ0) is 9.97. The highest BCUT2D eigenvalue weighted by atomic mass is 16.5. The minimum atomic E-state index is 0.199. The molecular weight excluding hydrogens is 178 g/mol. The lowest BCUT2D eigenvalue weighted by molar-refractivity contribution is 0.124. The van der Waals surface area contributed by atoms with Crippen molar-refractivity contribution in [1.82, 2.24) is 4.98 Å². The van der Waals surface area contributed by atoms with Crippen LogP contribution in [-0.2, 0) is 4.74 Å². The lowest BCUT2D eigenvalue weighted by atomic mass is 10.3. The van der Waals surface area contributed by atoms with Gasteiger partial charge in [-0.1, -0.05) is 0 Å². The van der Waals surface area contributed by atoms with Gasteiger partial charge in [0.1, 0.15) is 5.82 Å². The van der Waals surface area contributed by atoms with Crippen LogP contribution in [0.5, 0.6) is 0 Å². The third-order valence-corrected chi connectivity index (χ3v) is 2.38. The summed E-state index contributed by atoms with van der Waals surface area (Å²) in [6.07, 6.45) is 2.06. The van der Waals surface area contributed by atoms with E-state index < -0.39 is 0 Å². The van der Waals surface area contributed by atoms with Gasteiger partial charge in [-0.25, -0.2) is 4.98 Å². The second-order valence-corrected chi connectivity index (χ2v) is 3.53. The van der Waals surface area contributed by atoms with Gasteiger partial charge in [-0.05, 0) is 18.6 Å². The van der Waals surface area contributed by atoms with Gasteiger partial charge in [-0.15, -0.1) is 0 Å². The third-order valence-electron chi connectivity index (χ3n) is 2.38. The molecule has 2 rings (SSSR count). The molecule has 0 fully saturated rings. The van der Waals surface area contributed by atoms with Crippen molar-refractivity contribution in [3.05, 3.63) is 17.8 Å². The molecule has 2 heterocycles. The topological polar surface area (TPSA) is 46.2 Å². The van der Waals surface area contributed by atoms with Crippen molar-refractivity contribution in [3.63, 3.8) is 0 Å². The summed E-state index contributed by atoms with van der Waals surface area (Å²) in [7, 11) is 1.72. The van der Waals surface area contributed by atoms with Gasteiger partial charge >= 0.3 is 0 Å². The SMILES string of the molecule is COC1CNc2cc(C)cnc2NC1. The number of hydrogen-bond acceptors (Lipinski definition) is 4. The molecule has 0 spiro atoms. The van der Waals surface area contributed by atoms with E-state index in [2.05, 4.69) is 21.7 Å². The maximum atomic E-state index is 5.28. The van der Waals surface area contributed by atoms with Gasteiger partial charge < -0.3 is 15.4 Å². The molecule has 1 aromatic rings. The van der Waals surface area contributed by atoms with E-state index in [1.165, 1.54) is 0 Å². The summed E-state index contributed by atoms with van der Waals surface area (Å²) in [4.78, 5) is 4.32. The summed E-state index contributed by atoms with van der Waals surface area (Å²) in [5.74, 6) is 0.912. The first-order chi connectivity index (χ1) is 6.79. The molecule has 2 N–H and O–H groups in total. The van der Waals surface area contributed by atoms with E-state index in [4.69, 9.17) is 4.74 Å². The number of anilines is 2. The molecule has 0 aliphatic carbocycles. The number of rotatable bonds is 1. The zero-order valence-electron chi connectivity index (χ0n) is 8.50. The number of fused-ring (bicyclic) bond motifs is 1. The molecular formula is C10H15N3O. The number of ether oxygens (including phenoxy) is 1. The second kappa shape index (κ2) is 3.84. The summed E-state index contributed by atoms with van der Waals surface area (Å²) in [5.41, 5.74) is 2.22. The van der Waals surface area contributed by atoms with Crippen LogP contribution in [-0.4, -0.2) is 31.3 Å². The first-order valence-corrected chi connectivity index (χ1v) is 4.77. The number of nitrogens with zero attached hydrogens (tertiary/aromatic N) is 1. The molecule has 0 bridgehead atoms. The van der Waals surface area contributed by atoms with Crippen LogP contribution < -0.4 is 10.6 Å². The van der Waals surface area contributed by atoms with E-state index >= 15 is 0 Å². The normalized spacial score (nSPS) is 20.3. The Bertz CT molecular complexity index is 327. The Balaban J connectivity index is 2.21. The van der Waals surface area contributed by atoms with E-state index in [9.17, 15) is 0 Å². The molecule has 1 aliphatic heterocycles. The van der Waals surface area contributed by atoms with Gasteiger partial charge in [0.15, 0.2) is 0 Å². The van der Waals surface area contributed by atoms with Crippen molar-refractivity contribution >= 4 is 11.5 Å². The summed E-state index contributed by atoms with van der Waals surface area (Å²) in [5, 5.41) is 6.57. The Labute approximate surface area is 83.7 Å². The average Bonchev–Trinajstić information content (AvgIpc) is 2.39. The van der Waals surface area contributed by atoms with Crippen molar-refractivity contribution < 1.29 is 4.74 Å². The lowest BCUT2D eigenvalue weighted by Gasteiger charge is -2.11. The predicted molar refractivity (Wildman–Crippen MR) is 56.8 cm³/mol. The van der Waals surface area contributed by atoms with Crippen molar-refractivity contribution in [3.8, 4) is 0 Å². The molecule has 4 heteroatoms. The van der Waals surface area contributed by atoms with Gasteiger partial charge in [0.05, 0.1) is 11.8 Å². The van der Waals surface area contributed by atoms with Gasteiger partial charge in [-0.3, -0.25) is 0 Å². The van der Waals surface area contributed by atoms with Crippen molar-refractivity contribution in [2.75, 3.05) is 30.8 Å². The van der Waals surface area contributed by atoms with E-state index in [0.29, 0.717) is 0 Å². The van der Waals surface area contributed by atoms with E-state index in [1.54, 1.807) is 7.11 Å². The van der Waals surface area contributed by atoms with Gasteiger partial charge in [0.25, 0.3) is 0 Å². The Morgan fingerprint density at radius 1 is 1.43 bits per heavy atom. The summed E-state index contributed by atoms with van der Waals surface area (Å²) < 4.78 is 5.28. The molecule has 1 aliphatic rings. The fraction of sp³-hybridized carbons (Fsp3) is 0.500. The fourth-order valence-corrected chi connectivity index (χ4v) is 1.52. The number of methoxy groups -OCH3 is 1. The van der Waals surface area contributed by atoms with Gasteiger partial charge in [0.2, 0.25) is 0 Å². The summed E-state index contributed by atoms with van der Waals surface area (Å²) in [6, 6.07) is 2.09. The van der Waals surface area contributed by atoms with Crippen LogP contribution in [0.3, 0.4) is 0 Å². The molecule has 0 amide bonds. The standard InChI is InChI=1S/C10H15N3O/c1-7-3-9-10(12-4-7)13-6-8(14-2)5-11-9/h3-4,8,11H,5-6H2,1-2H3,(H,12,13). The van der Waals surface area contributed by atoms with Crippen molar-refractivity contribution in [1.29, 1.82) is 0 Å². The van der Waals surface area contributed by atoms with Crippen LogP contribution in [0.15, 0.2) is 12.3 Å². The third kappa shape index (κ3) is 1.80. The van der Waals surface area contributed by atoms with E-state index in [0.717, 1.165) is 30.2 Å². The number of nitrogens with one attached hydrogen (secondary N) is 2. The quantitative estimate of drug-likeness (QED) is 0.704. The average molecular weight is 193 g/mol. The minimum Gasteiger partial charge on any atom is -0.379 e. The highest BCUT2D eigenvalue weighted by Crippen LogP contribution is 2.22. The van der Waals surface area contributed by atoms with Crippen LogP contribution in [0.2, 0.25) is 0 Å². The second-order valence-electron chi connectivity index (χ2n) is 3.53. The molecule has 1 unspecified atom stereocenters. The highest BCUT2D eigenvalue weighted by Gasteiger charge is 2.14. The Morgan fingerprint density at radius 3 is 3.00 bits per heavy atom. The Hall–Kier alpha value is -1.29. The largest absolute Gasteiger partial charge is 0.379 e. The Kier molecular flexibility index (Phi) is 2.54. The molecule has 0 saturated carbocycles. The number of pyridine rings is 1. The van der Waals surface area contributed by atoms with Crippen LogP contribution >= 0.6 is 0 Å². The zero-order valence-corrected chi connectivity index (χ0v) is 8.50. The number of hydrogen-bond donors (Lipinski definition) is 2. The maximum Gasteiger partial charge on any atom is 0.149 e. The smallest absolute Gasteiger partial charge is 0.149 e. The van der Waals surface area contributed by atoms with Crippen LogP contribution in [0.25, 0.3) is 0 Å². The number of aryl methyl sites for hydroxylation is 1. The van der Waals surface area contributed by atoms with E-state index in [1.807, 2.05) is 13.1 Å². The highest BCUT2D eigenvalue weighted by molar-refractivity contribution is 5.65. The molecule has 1 aromatic heterocycles. The van der Waals surface area contributed by atoms with Crippen molar-refractivity contribution in [2.45, 2.75) is 13.0 Å². The van der Waals surface area contributed by atoms with E-state index in [-0.39, 0.29) is 6.10 Å². The molecule has 76 valence electrons. The minimum absolute atomic E-state index is 0.199. The van der Waals surface area contributed by atoms with Crippen LogP contribution in [0.1, 0.15) is 5.56 Å². The molecule has 0 aromatic carbocycles. The summed E-state index contributed by atoms with van der Waals surface area (Å²) in [6.45, 7) is 3.65. The first-order valence-electron chi connectivity index (χ1n) is 4.77. The van der Waals surface area contributed by atoms with Crippen molar-refractivity contribution in [2.24, 2.45) is 0 Å². The molecule has 0 saturated heterocycles. The van der Waals surface area contributed by atoms with Gasteiger partial charge in [-0.2, -0.15) is 0 Å². The van der Waals surface area contributed by atoms with Crippen LogP contribution in [0, 0.1) is 6.92 Å². The number of aromatic nitrogens is 1. The monoisotopic (exact) mass is 193 g/mol. The fourth-order valence-electron chi connectivity index (χ4n) is 1.52. The molecule has 4 nitrogen and oxygen atoms in total. The predicted octanol–water partition coefficient (Wildman–Crippen LogP) is 1.24. The van der Waals surface area contributed by atoms with Crippen LogP contribution in [0.4, 0.5) is 11.5 Å². The maximum absolute atomic E-state index is 5.28. The Morgan fingerprint density at radius 2 is 2.21 bits per heavy atom. The molecule has 1 atom stereocenters. The first kappa shape index (κ1) is 9.27. The van der Waals surface area contributed by atoms with Gasteiger partial charge in [0, 0.05) is 26.4 Å².